The molecule has 0 bridgehead atoms. The third kappa shape index (κ3) is 2.62. The van der Waals surface area contributed by atoms with E-state index in [4.69, 9.17) is 4.74 Å². The molecule has 1 unspecified atom stereocenters. The third-order valence-corrected chi connectivity index (χ3v) is 2.62. The molecule has 5 heteroatoms. The Morgan fingerprint density at radius 1 is 1.41 bits per heavy atom. The van der Waals surface area contributed by atoms with Crippen molar-refractivity contribution in [3.05, 3.63) is 29.8 Å². The number of imide groups is 1. The van der Waals surface area contributed by atoms with Gasteiger partial charge in [-0.2, -0.15) is 0 Å². The molecule has 1 atom stereocenters. The first kappa shape index (κ1) is 11.6. The number of benzene rings is 1. The Morgan fingerprint density at radius 2 is 2.18 bits per heavy atom. The summed E-state index contributed by atoms with van der Waals surface area (Å²) in [6.45, 7) is 0.464. The lowest BCUT2D eigenvalue weighted by Gasteiger charge is -2.14. The minimum Gasteiger partial charge on any atom is -0.380 e. The summed E-state index contributed by atoms with van der Waals surface area (Å²) in [7, 11) is 1.61. The SMILES string of the molecule is COCc1ccccc1NC1CC(=O)NC1=O. The predicted molar refractivity (Wildman–Crippen MR) is 62.3 cm³/mol. The number of carbonyl (C=O) groups excluding carboxylic acids is 2. The number of hydrogen-bond acceptors (Lipinski definition) is 4. The van der Waals surface area contributed by atoms with Gasteiger partial charge < -0.3 is 10.1 Å². The second-order valence-corrected chi connectivity index (χ2v) is 3.90. The van der Waals surface area contributed by atoms with E-state index in [1.165, 1.54) is 0 Å². The van der Waals surface area contributed by atoms with E-state index in [1.807, 2.05) is 24.3 Å². The van der Waals surface area contributed by atoms with Gasteiger partial charge in [-0.25, -0.2) is 0 Å². The van der Waals surface area contributed by atoms with Gasteiger partial charge >= 0.3 is 0 Å². The highest BCUT2D eigenvalue weighted by atomic mass is 16.5. The van der Waals surface area contributed by atoms with Crippen LogP contribution in [0.3, 0.4) is 0 Å². The zero-order valence-corrected chi connectivity index (χ0v) is 9.53. The first-order chi connectivity index (χ1) is 8.20. The molecule has 0 radical (unpaired) electrons. The summed E-state index contributed by atoms with van der Waals surface area (Å²) >= 11 is 0. The highest BCUT2D eigenvalue weighted by molar-refractivity contribution is 6.06. The van der Waals surface area contributed by atoms with Gasteiger partial charge in [0.2, 0.25) is 11.8 Å². The van der Waals surface area contributed by atoms with Crippen LogP contribution in [0.1, 0.15) is 12.0 Å². The van der Waals surface area contributed by atoms with Crippen molar-refractivity contribution < 1.29 is 14.3 Å². The standard InChI is InChI=1S/C12H14N2O3/c1-17-7-8-4-2-3-5-9(8)13-10-6-11(15)14-12(10)16/h2-5,10,13H,6-7H2,1H3,(H,14,15,16). The van der Waals surface area contributed by atoms with Crippen molar-refractivity contribution in [1.82, 2.24) is 5.32 Å². The molecule has 2 rings (SSSR count). The molecule has 1 saturated heterocycles. The number of methoxy groups -OCH3 is 1. The summed E-state index contributed by atoms with van der Waals surface area (Å²) in [5, 5.41) is 5.33. The van der Waals surface area contributed by atoms with Crippen LogP contribution in [0.25, 0.3) is 0 Å². The van der Waals surface area contributed by atoms with Gasteiger partial charge in [0.15, 0.2) is 0 Å². The van der Waals surface area contributed by atoms with E-state index in [1.54, 1.807) is 7.11 Å². The molecule has 0 aromatic heterocycles. The lowest BCUT2D eigenvalue weighted by molar-refractivity contribution is -0.124. The van der Waals surface area contributed by atoms with Crippen molar-refractivity contribution in [2.45, 2.75) is 19.1 Å². The summed E-state index contributed by atoms with van der Waals surface area (Å²) in [6, 6.07) is 7.07. The number of carbonyl (C=O) groups is 2. The highest BCUT2D eigenvalue weighted by Crippen LogP contribution is 2.19. The molecule has 0 aliphatic carbocycles. The molecule has 2 N–H and O–H groups in total. The topological polar surface area (TPSA) is 67.4 Å². The maximum absolute atomic E-state index is 11.4. The molecular formula is C12H14N2O3. The lowest BCUT2D eigenvalue weighted by atomic mass is 10.1. The molecule has 17 heavy (non-hydrogen) atoms. The van der Waals surface area contributed by atoms with Gasteiger partial charge in [0.25, 0.3) is 0 Å². The van der Waals surface area contributed by atoms with Gasteiger partial charge in [0, 0.05) is 18.4 Å². The molecule has 1 heterocycles. The van der Waals surface area contributed by atoms with E-state index in [0.29, 0.717) is 6.61 Å². The first-order valence-corrected chi connectivity index (χ1v) is 5.38. The second-order valence-electron chi connectivity index (χ2n) is 3.90. The molecule has 1 aromatic rings. The van der Waals surface area contributed by atoms with Crippen molar-refractivity contribution in [3.8, 4) is 0 Å². The molecule has 1 aromatic carbocycles. The van der Waals surface area contributed by atoms with Gasteiger partial charge in [-0.1, -0.05) is 18.2 Å². The van der Waals surface area contributed by atoms with Crippen LogP contribution in [-0.4, -0.2) is 25.0 Å². The zero-order chi connectivity index (χ0) is 12.3. The highest BCUT2D eigenvalue weighted by Gasteiger charge is 2.30. The van der Waals surface area contributed by atoms with E-state index in [2.05, 4.69) is 10.6 Å². The largest absolute Gasteiger partial charge is 0.380 e. The first-order valence-electron chi connectivity index (χ1n) is 5.38. The van der Waals surface area contributed by atoms with Crippen LogP contribution in [-0.2, 0) is 20.9 Å². The summed E-state index contributed by atoms with van der Waals surface area (Å²) < 4.78 is 5.07. The summed E-state index contributed by atoms with van der Waals surface area (Å²) in [5.74, 6) is -0.515. The summed E-state index contributed by atoms with van der Waals surface area (Å²) in [6.07, 6.45) is 0.181. The van der Waals surface area contributed by atoms with Crippen molar-refractivity contribution in [2.75, 3.05) is 12.4 Å². The Labute approximate surface area is 99.2 Å². The Bertz CT molecular complexity index is 445. The van der Waals surface area contributed by atoms with Gasteiger partial charge in [-0.15, -0.1) is 0 Å². The van der Waals surface area contributed by atoms with Crippen LogP contribution in [0.2, 0.25) is 0 Å². The van der Waals surface area contributed by atoms with Crippen LogP contribution in [0.4, 0.5) is 5.69 Å². The number of ether oxygens (including phenoxy) is 1. The number of rotatable bonds is 4. The minimum absolute atomic E-state index is 0.181. The van der Waals surface area contributed by atoms with Crippen molar-refractivity contribution in [3.63, 3.8) is 0 Å². The molecule has 0 saturated carbocycles. The van der Waals surface area contributed by atoms with Gasteiger partial charge in [0.1, 0.15) is 6.04 Å². The van der Waals surface area contributed by atoms with E-state index >= 15 is 0 Å². The monoisotopic (exact) mass is 234 g/mol. The van der Waals surface area contributed by atoms with E-state index < -0.39 is 6.04 Å². The number of hydrogen-bond donors (Lipinski definition) is 2. The Kier molecular flexibility index (Phi) is 3.39. The maximum Gasteiger partial charge on any atom is 0.249 e. The van der Waals surface area contributed by atoms with E-state index in [9.17, 15) is 9.59 Å². The predicted octanol–water partition coefficient (Wildman–Crippen LogP) is 0.660. The lowest BCUT2D eigenvalue weighted by Crippen LogP contribution is -2.30. The smallest absolute Gasteiger partial charge is 0.249 e. The van der Waals surface area contributed by atoms with E-state index in [0.717, 1.165) is 11.3 Å². The van der Waals surface area contributed by atoms with Crippen molar-refractivity contribution in [2.24, 2.45) is 0 Å². The Balaban J connectivity index is 2.13. The Morgan fingerprint density at radius 3 is 2.82 bits per heavy atom. The number of anilines is 1. The quantitative estimate of drug-likeness (QED) is 0.751. The van der Waals surface area contributed by atoms with Crippen molar-refractivity contribution in [1.29, 1.82) is 0 Å². The third-order valence-electron chi connectivity index (χ3n) is 2.62. The molecular weight excluding hydrogens is 220 g/mol. The maximum atomic E-state index is 11.4. The number of para-hydroxylation sites is 1. The summed E-state index contributed by atoms with van der Waals surface area (Å²) in [5.41, 5.74) is 1.78. The van der Waals surface area contributed by atoms with Gasteiger partial charge in [-0.05, 0) is 6.07 Å². The minimum atomic E-state index is -0.486. The molecule has 2 amide bonds. The molecule has 1 aliphatic rings. The van der Waals surface area contributed by atoms with Gasteiger partial charge in [0.05, 0.1) is 13.0 Å². The average molecular weight is 234 g/mol. The second kappa shape index (κ2) is 4.97. The number of amides is 2. The van der Waals surface area contributed by atoms with Crippen LogP contribution in [0, 0.1) is 0 Å². The van der Waals surface area contributed by atoms with Crippen LogP contribution in [0.5, 0.6) is 0 Å². The average Bonchev–Trinajstić information content (AvgIpc) is 2.61. The van der Waals surface area contributed by atoms with Crippen LogP contribution < -0.4 is 10.6 Å². The fraction of sp³-hybridized carbons (Fsp3) is 0.333. The van der Waals surface area contributed by atoms with Crippen LogP contribution in [0.15, 0.2) is 24.3 Å². The molecule has 90 valence electrons. The molecule has 0 spiro atoms. The summed E-state index contributed by atoms with van der Waals surface area (Å²) in [4.78, 5) is 22.5. The van der Waals surface area contributed by atoms with Gasteiger partial charge in [-0.3, -0.25) is 14.9 Å². The van der Waals surface area contributed by atoms with Crippen LogP contribution >= 0.6 is 0 Å². The normalized spacial score (nSPS) is 19.2. The molecule has 1 aliphatic heterocycles. The molecule has 5 nitrogen and oxygen atoms in total. The fourth-order valence-corrected chi connectivity index (χ4v) is 1.80. The van der Waals surface area contributed by atoms with Crippen molar-refractivity contribution >= 4 is 17.5 Å². The Hall–Kier alpha value is -1.88. The zero-order valence-electron chi connectivity index (χ0n) is 9.53. The van der Waals surface area contributed by atoms with E-state index in [-0.39, 0.29) is 18.2 Å². The number of nitrogens with one attached hydrogen (secondary N) is 2. The molecule has 1 fully saturated rings. The fourth-order valence-electron chi connectivity index (χ4n) is 1.80.